The van der Waals surface area contributed by atoms with Gasteiger partial charge < -0.3 is 14.9 Å². The molecular weight excluding hydrogens is 222 g/mol. The third-order valence-corrected chi connectivity index (χ3v) is 5.01. The Kier molecular flexibility index (Phi) is 3.09. The molecule has 2 aliphatic rings. The van der Waals surface area contributed by atoms with Crippen LogP contribution in [0.25, 0.3) is 0 Å². The number of aliphatic imine (C=N–C) groups is 1. The van der Waals surface area contributed by atoms with Gasteiger partial charge in [-0.1, -0.05) is 10.8 Å². The lowest BCUT2D eigenvalue weighted by atomic mass is 9.99. The quantitative estimate of drug-likeness (QED) is 0.603. The Morgan fingerprint density at radius 1 is 1.36 bits per heavy atom. The number of hydrogen-bond donors (Lipinski definition) is 2. The summed E-state index contributed by atoms with van der Waals surface area (Å²) in [5.74, 6) is 0. The van der Waals surface area contributed by atoms with Crippen LogP contribution in [-0.4, -0.2) is 45.0 Å². The lowest BCUT2D eigenvalue weighted by Crippen LogP contribution is -2.55. The van der Waals surface area contributed by atoms with Crippen molar-refractivity contribution in [2.75, 3.05) is 0 Å². The number of aliphatic hydroxyl groups is 2. The van der Waals surface area contributed by atoms with Gasteiger partial charge >= 0.3 is 0 Å². The van der Waals surface area contributed by atoms with Crippen molar-refractivity contribution in [3.63, 3.8) is 0 Å². The van der Waals surface area contributed by atoms with Crippen LogP contribution < -0.4 is 0 Å². The molecule has 0 aliphatic carbocycles. The zero-order chi connectivity index (χ0) is 10.3. The Morgan fingerprint density at radius 2 is 2.07 bits per heavy atom. The maximum absolute atomic E-state index is 9.80. The van der Waals surface area contributed by atoms with Gasteiger partial charge in [0, 0.05) is 0 Å². The van der Waals surface area contributed by atoms with Gasteiger partial charge in [-0.05, 0) is 24.6 Å². The van der Waals surface area contributed by atoms with E-state index in [0.717, 1.165) is 5.04 Å². The first-order valence-corrected chi connectivity index (χ1v) is 6.70. The highest BCUT2D eigenvalue weighted by Crippen LogP contribution is 2.41. The second kappa shape index (κ2) is 4.02. The fourth-order valence-corrected chi connectivity index (χ4v) is 3.84. The van der Waals surface area contributed by atoms with Gasteiger partial charge in [-0.25, -0.2) is 0 Å². The van der Waals surface area contributed by atoms with Crippen LogP contribution in [0.15, 0.2) is 4.99 Å². The fourth-order valence-electron chi connectivity index (χ4n) is 1.58. The van der Waals surface area contributed by atoms with E-state index in [9.17, 15) is 10.2 Å². The molecular formula is C8H13NO3S2. The van der Waals surface area contributed by atoms with E-state index in [1.54, 1.807) is 28.5 Å². The van der Waals surface area contributed by atoms with Crippen LogP contribution in [0, 0.1) is 0 Å². The molecule has 0 bridgehead atoms. The average molecular weight is 235 g/mol. The molecule has 0 radical (unpaired) electrons. The molecule has 0 spiro atoms. The van der Waals surface area contributed by atoms with Crippen molar-refractivity contribution >= 4 is 26.6 Å². The van der Waals surface area contributed by atoms with Crippen LogP contribution >= 0.6 is 21.6 Å². The summed E-state index contributed by atoms with van der Waals surface area (Å²) in [6.07, 6.45) is -1.98. The van der Waals surface area contributed by atoms with Gasteiger partial charge in [-0.2, -0.15) is 0 Å². The minimum Gasteiger partial charge on any atom is -0.388 e. The molecule has 0 aromatic heterocycles. The SMILES string of the molecule is CC1=N[C@@H]2[C@@H](O)[C@H](O)[C@@H](C)O[C@@H]2SS1. The van der Waals surface area contributed by atoms with Gasteiger partial charge in [0.25, 0.3) is 0 Å². The Balaban J connectivity index is 2.19. The summed E-state index contributed by atoms with van der Waals surface area (Å²) in [6, 6.07) is -0.326. The van der Waals surface area contributed by atoms with Crippen LogP contribution in [0.5, 0.6) is 0 Å². The van der Waals surface area contributed by atoms with E-state index in [2.05, 4.69) is 4.99 Å². The van der Waals surface area contributed by atoms with Crippen LogP contribution in [0.4, 0.5) is 0 Å². The molecule has 80 valence electrons. The van der Waals surface area contributed by atoms with Crippen LogP contribution in [-0.2, 0) is 4.74 Å². The largest absolute Gasteiger partial charge is 0.388 e. The topological polar surface area (TPSA) is 62.1 Å². The molecule has 2 heterocycles. The van der Waals surface area contributed by atoms with Crippen molar-refractivity contribution in [2.24, 2.45) is 4.99 Å². The van der Waals surface area contributed by atoms with Crippen molar-refractivity contribution in [1.82, 2.24) is 0 Å². The van der Waals surface area contributed by atoms with Crippen molar-refractivity contribution < 1.29 is 14.9 Å². The molecule has 6 heteroatoms. The normalized spacial score (nSPS) is 48.3. The van der Waals surface area contributed by atoms with Gasteiger partial charge in [0.1, 0.15) is 23.7 Å². The molecule has 0 aromatic carbocycles. The Labute approximate surface area is 90.5 Å². The van der Waals surface area contributed by atoms with Gasteiger partial charge in [0.15, 0.2) is 0 Å². The number of rotatable bonds is 0. The molecule has 2 N–H and O–H groups in total. The van der Waals surface area contributed by atoms with E-state index in [-0.39, 0.29) is 17.6 Å². The Morgan fingerprint density at radius 3 is 2.79 bits per heavy atom. The second-order valence-corrected chi connectivity index (χ2v) is 6.00. The first-order valence-electron chi connectivity index (χ1n) is 4.49. The number of aliphatic hydroxyl groups excluding tert-OH is 2. The average Bonchev–Trinajstić information content (AvgIpc) is 2.16. The van der Waals surface area contributed by atoms with E-state index in [1.807, 2.05) is 6.92 Å². The monoisotopic (exact) mass is 235 g/mol. The molecule has 1 fully saturated rings. The first-order chi connectivity index (χ1) is 6.59. The summed E-state index contributed by atoms with van der Waals surface area (Å²) in [4.78, 5) is 4.29. The van der Waals surface area contributed by atoms with E-state index >= 15 is 0 Å². The number of nitrogens with zero attached hydrogens (tertiary/aromatic N) is 1. The summed E-state index contributed by atoms with van der Waals surface area (Å²) < 4.78 is 5.55. The van der Waals surface area contributed by atoms with Crippen molar-refractivity contribution in [3.8, 4) is 0 Å². The summed E-state index contributed by atoms with van der Waals surface area (Å²) in [6.45, 7) is 3.66. The maximum atomic E-state index is 9.80. The second-order valence-electron chi connectivity index (χ2n) is 3.51. The predicted octanol–water partition coefficient (Wildman–Crippen LogP) is 0.635. The molecule has 0 unspecified atom stereocenters. The molecule has 0 saturated carbocycles. The fraction of sp³-hybridized carbons (Fsp3) is 0.875. The van der Waals surface area contributed by atoms with Gasteiger partial charge in [0.2, 0.25) is 0 Å². The van der Waals surface area contributed by atoms with E-state index in [1.165, 1.54) is 0 Å². The highest BCUT2D eigenvalue weighted by molar-refractivity contribution is 8.82. The highest BCUT2D eigenvalue weighted by atomic mass is 33.1. The number of hydrogen-bond acceptors (Lipinski definition) is 6. The minimum atomic E-state index is -0.837. The highest BCUT2D eigenvalue weighted by Gasteiger charge is 2.44. The predicted molar refractivity (Wildman–Crippen MR) is 58.4 cm³/mol. The summed E-state index contributed by atoms with van der Waals surface area (Å²) in [7, 11) is 3.12. The molecule has 2 rings (SSSR count). The summed E-state index contributed by atoms with van der Waals surface area (Å²) in [5, 5.41) is 20.3. The van der Waals surface area contributed by atoms with Crippen LogP contribution in [0.2, 0.25) is 0 Å². The zero-order valence-corrected chi connectivity index (χ0v) is 9.59. The van der Waals surface area contributed by atoms with Crippen molar-refractivity contribution in [2.45, 2.75) is 43.6 Å². The first kappa shape index (κ1) is 10.8. The van der Waals surface area contributed by atoms with E-state index in [0.29, 0.717) is 0 Å². The zero-order valence-electron chi connectivity index (χ0n) is 7.95. The molecule has 5 atom stereocenters. The lowest BCUT2D eigenvalue weighted by molar-refractivity contribution is -0.146. The van der Waals surface area contributed by atoms with Gasteiger partial charge in [-0.3, -0.25) is 4.99 Å². The Bertz CT molecular complexity index is 261. The minimum absolute atomic E-state index is 0.142. The molecule has 0 aromatic rings. The van der Waals surface area contributed by atoms with E-state index < -0.39 is 12.2 Å². The molecule has 2 aliphatic heterocycles. The van der Waals surface area contributed by atoms with Crippen molar-refractivity contribution in [3.05, 3.63) is 0 Å². The third kappa shape index (κ3) is 1.81. The van der Waals surface area contributed by atoms with Gasteiger partial charge in [-0.15, -0.1) is 0 Å². The van der Waals surface area contributed by atoms with Gasteiger partial charge in [0.05, 0.1) is 11.1 Å². The number of ether oxygens (including phenoxy) is 1. The molecule has 1 saturated heterocycles. The summed E-state index contributed by atoms with van der Waals surface area (Å²) in [5.41, 5.74) is -0.142. The maximum Gasteiger partial charge on any atom is 0.138 e. The standard InChI is InChI=1S/C8H13NO3S2/c1-3-6(10)7(11)5-8(12-3)14-13-4(2)9-5/h3,5-8,10-11H,1-2H3/t3-,5-,6-,7-,8-/m1/s1. The molecule has 14 heavy (non-hydrogen) atoms. The van der Waals surface area contributed by atoms with E-state index in [4.69, 9.17) is 4.74 Å². The van der Waals surface area contributed by atoms with Crippen LogP contribution in [0.3, 0.4) is 0 Å². The summed E-state index contributed by atoms with van der Waals surface area (Å²) >= 11 is 0. The number of fused-ring (bicyclic) bond motifs is 1. The molecule has 0 amide bonds. The third-order valence-electron chi connectivity index (χ3n) is 2.40. The molecule has 4 nitrogen and oxygen atoms in total. The smallest absolute Gasteiger partial charge is 0.138 e. The van der Waals surface area contributed by atoms with Crippen molar-refractivity contribution in [1.29, 1.82) is 0 Å². The lowest BCUT2D eigenvalue weighted by Gasteiger charge is -2.41. The Hall–Kier alpha value is 0.250. The van der Waals surface area contributed by atoms with Crippen LogP contribution in [0.1, 0.15) is 13.8 Å².